The predicted octanol–water partition coefficient (Wildman–Crippen LogP) is 5.08. The molecule has 1 N–H and O–H groups in total. The molecule has 0 amide bonds. The van der Waals surface area contributed by atoms with Crippen LogP contribution >= 0.6 is 11.6 Å². The van der Waals surface area contributed by atoms with E-state index in [1.165, 1.54) is 6.07 Å². The molecule has 1 saturated carbocycles. The van der Waals surface area contributed by atoms with Crippen LogP contribution in [0.1, 0.15) is 51.0 Å². The fourth-order valence-corrected chi connectivity index (χ4v) is 3.64. The number of hydrogen-bond acceptors (Lipinski definition) is 1. The highest BCUT2D eigenvalue weighted by molar-refractivity contribution is 6.30. The van der Waals surface area contributed by atoms with E-state index in [2.05, 4.69) is 6.92 Å². The minimum Gasteiger partial charge on any atom is -0.481 e. The molecule has 21 heavy (non-hydrogen) atoms. The molecular formula is C17H22ClFO2. The summed E-state index contributed by atoms with van der Waals surface area (Å²) < 4.78 is 14.1. The molecule has 0 unspecified atom stereocenters. The van der Waals surface area contributed by atoms with Crippen LogP contribution in [0.3, 0.4) is 0 Å². The Bertz CT molecular complexity index is 508. The molecule has 0 aromatic heterocycles. The molecule has 116 valence electrons. The Morgan fingerprint density at radius 3 is 2.67 bits per heavy atom. The summed E-state index contributed by atoms with van der Waals surface area (Å²) >= 11 is 5.80. The Balaban J connectivity index is 2.17. The molecule has 1 aliphatic rings. The van der Waals surface area contributed by atoms with Crippen molar-refractivity contribution in [3.8, 4) is 0 Å². The van der Waals surface area contributed by atoms with Gasteiger partial charge < -0.3 is 5.11 Å². The van der Waals surface area contributed by atoms with Crippen molar-refractivity contribution < 1.29 is 14.3 Å². The number of carbonyl (C=O) groups is 1. The minimum atomic E-state index is -0.838. The van der Waals surface area contributed by atoms with Crippen molar-refractivity contribution in [1.29, 1.82) is 0 Å². The van der Waals surface area contributed by atoms with E-state index in [0.29, 0.717) is 24.3 Å². The number of benzene rings is 1. The van der Waals surface area contributed by atoms with Crippen LogP contribution < -0.4 is 0 Å². The van der Waals surface area contributed by atoms with E-state index in [1.807, 2.05) is 0 Å². The van der Waals surface area contributed by atoms with Crippen molar-refractivity contribution in [3.63, 3.8) is 0 Å². The molecule has 0 radical (unpaired) electrons. The van der Waals surface area contributed by atoms with Crippen molar-refractivity contribution >= 4 is 17.6 Å². The zero-order valence-corrected chi connectivity index (χ0v) is 13.1. The number of aliphatic carboxylic acids is 1. The summed E-state index contributed by atoms with van der Waals surface area (Å²) in [4.78, 5) is 11.8. The van der Waals surface area contributed by atoms with E-state index in [4.69, 9.17) is 11.6 Å². The van der Waals surface area contributed by atoms with Crippen LogP contribution in [0.25, 0.3) is 0 Å². The highest BCUT2D eigenvalue weighted by Gasteiger charge is 2.42. The predicted molar refractivity (Wildman–Crippen MR) is 82.0 cm³/mol. The summed E-state index contributed by atoms with van der Waals surface area (Å²) in [5.74, 6) is -0.668. The first-order valence-corrected chi connectivity index (χ1v) is 8.02. The van der Waals surface area contributed by atoms with Crippen LogP contribution in [0.5, 0.6) is 0 Å². The SMILES string of the molecule is CCCC1CCC(Cc2cccc(Cl)c2F)(C(=O)O)CC1. The lowest BCUT2D eigenvalue weighted by Gasteiger charge is -2.37. The lowest BCUT2D eigenvalue weighted by atomic mass is 9.66. The monoisotopic (exact) mass is 312 g/mol. The lowest BCUT2D eigenvalue weighted by molar-refractivity contribution is -0.151. The molecular weight excluding hydrogens is 291 g/mol. The molecule has 1 aromatic rings. The normalized spacial score (nSPS) is 25.8. The molecule has 0 aliphatic heterocycles. The van der Waals surface area contributed by atoms with Crippen molar-refractivity contribution in [2.24, 2.45) is 11.3 Å². The molecule has 0 atom stereocenters. The van der Waals surface area contributed by atoms with E-state index in [0.717, 1.165) is 25.7 Å². The molecule has 1 aromatic carbocycles. The molecule has 0 spiro atoms. The highest BCUT2D eigenvalue weighted by Crippen LogP contribution is 2.43. The lowest BCUT2D eigenvalue weighted by Crippen LogP contribution is -2.37. The second-order valence-electron chi connectivity index (χ2n) is 6.21. The van der Waals surface area contributed by atoms with Gasteiger partial charge in [-0.15, -0.1) is 0 Å². The van der Waals surface area contributed by atoms with Crippen LogP contribution in [-0.4, -0.2) is 11.1 Å². The second kappa shape index (κ2) is 6.78. The Morgan fingerprint density at radius 2 is 2.10 bits per heavy atom. The van der Waals surface area contributed by atoms with Crippen LogP contribution in [-0.2, 0) is 11.2 Å². The topological polar surface area (TPSA) is 37.3 Å². The average Bonchev–Trinajstić information content (AvgIpc) is 2.46. The maximum absolute atomic E-state index is 14.1. The largest absolute Gasteiger partial charge is 0.481 e. The maximum Gasteiger partial charge on any atom is 0.309 e. The summed E-state index contributed by atoms with van der Waals surface area (Å²) in [7, 11) is 0. The van der Waals surface area contributed by atoms with E-state index >= 15 is 0 Å². The molecule has 0 heterocycles. The van der Waals surface area contributed by atoms with Gasteiger partial charge in [-0.25, -0.2) is 4.39 Å². The first-order chi connectivity index (χ1) is 9.98. The van der Waals surface area contributed by atoms with Crippen molar-refractivity contribution in [2.45, 2.75) is 51.9 Å². The second-order valence-corrected chi connectivity index (χ2v) is 6.61. The average molecular weight is 313 g/mol. The Labute approximate surface area is 130 Å². The smallest absolute Gasteiger partial charge is 0.309 e. The van der Waals surface area contributed by atoms with Crippen LogP contribution in [0.15, 0.2) is 18.2 Å². The zero-order chi connectivity index (χ0) is 15.5. The number of hydrogen-bond donors (Lipinski definition) is 1. The molecule has 1 aliphatic carbocycles. The van der Waals surface area contributed by atoms with Gasteiger partial charge in [0.25, 0.3) is 0 Å². The first kappa shape index (κ1) is 16.3. The Kier molecular flexibility index (Phi) is 5.26. The van der Waals surface area contributed by atoms with Crippen molar-refractivity contribution in [3.05, 3.63) is 34.6 Å². The fourth-order valence-electron chi connectivity index (χ4n) is 3.44. The third kappa shape index (κ3) is 3.57. The van der Waals surface area contributed by atoms with Gasteiger partial charge in [0.1, 0.15) is 5.82 Å². The van der Waals surface area contributed by atoms with Crippen LogP contribution in [0, 0.1) is 17.2 Å². The van der Waals surface area contributed by atoms with Crippen molar-refractivity contribution in [2.75, 3.05) is 0 Å². The van der Waals surface area contributed by atoms with Gasteiger partial charge in [-0.1, -0.05) is 43.5 Å². The molecule has 4 heteroatoms. The van der Waals surface area contributed by atoms with E-state index < -0.39 is 17.2 Å². The Hall–Kier alpha value is -1.09. The van der Waals surface area contributed by atoms with E-state index in [-0.39, 0.29) is 11.4 Å². The molecule has 0 saturated heterocycles. The number of carboxylic acids is 1. The van der Waals surface area contributed by atoms with Gasteiger partial charge in [-0.2, -0.15) is 0 Å². The summed E-state index contributed by atoms with van der Waals surface area (Å²) in [6.45, 7) is 2.15. The van der Waals surface area contributed by atoms with Gasteiger partial charge in [0, 0.05) is 0 Å². The van der Waals surface area contributed by atoms with Gasteiger partial charge in [0.15, 0.2) is 0 Å². The van der Waals surface area contributed by atoms with Crippen LogP contribution in [0.4, 0.5) is 4.39 Å². The van der Waals surface area contributed by atoms with Crippen LogP contribution in [0.2, 0.25) is 5.02 Å². The van der Waals surface area contributed by atoms with Gasteiger partial charge in [-0.3, -0.25) is 4.79 Å². The summed E-state index contributed by atoms with van der Waals surface area (Å²) in [6.07, 6.45) is 5.60. The number of halogens is 2. The van der Waals surface area contributed by atoms with Gasteiger partial charge in [0.2, 0.25) is 0 Å². The Morgan fingerprint density at radius 1 is 1.43 bits per heavy atom. The highest BCUT2D eigenvalue weighted by atomic mass is 35.5. The zero-order valence-electron chi connectivity index (χ0n) is 12.4. The standard InChI is InChI=1S/C17H22ClFO2/c1-2-4-12-7-9-17(10-8-12,16(20)21)11-13-5-3-6-14(18)15(13)19/h3,5-6,12H,2,4,7-11H2,1H3,(H,20,21). The third-order valence-electron chi connectivity index (χ3n) is 4.77. The summed E-state index contributed by atoms with van der Waals surface area (Å²) in [5, 5.41) is 9.73. The molecule has 2 nitrogen and oxygen atoms in total. The fraction of sp³-hybridized carbons (Fsp3) is 0.588. The van der Waals surface area contributed by atoms with Gasteiger partial charge >= 0.3 is 5.97 Å². The molecule has 0 bridgehead atoms. The van der Waals surface area contributed by atoms with Gasteiger partial charge in [-0.05, 0) is 49.7 Å². The van der Waals surface area contributed by atoms with E-state index in [9.17, 15) is 14.3 Å². The summed E-state index contributed by atoms with van der Waals surface area (Å²) in [6, 6.07) is 4.81. The number of carboxylic acid groups (broad SMARTS) is 1. The van der Waals surface area contributed by atoms with E-state index in [1.54, 1.807) is 12.1 Å². The number of rotatable bonds is 5. The maximum atomic E-state index is 14.1. The minimum absolute atomic E-state index is 0.0627. The molecule has 2 rings (SSSR count). The quantitative estimate of drug-likeness (QED) is 0.823. The summed E-state index contributed by atoms with van der Waals surface area (Å²) in [5.41, 5.74) is -0.422. The van der Waals surface area contributed by atoms with Crippen molar-refractivity contribution in [1.82, 2.24) is 0 Å². The third-order valence-corrected chi connectivity index (χ3v) is 5.07. The molecule has 1 fully saturated rings. The van der Waals surface area contributed by atoms with Gasteiger partial charge in [0.05, 0.1) is 10.4 Å². The first-order valence-electron chi connectivity index (χ1n) is 7.65.